The van der Waals surface area contributed by atoms with Crippen LogP contribution in [0, 0.1) is 11.2 Å². The lowest BCUT2D eigenvalue weighted by molar-refractivity contribution is -0.117. The summed E-state index contributed by atoms with van der Waals surface area (Å²) < 4.78 is 40.9. The number of carbonyl (C=O) groups excluding carboxylic acids is 1. The second kappa shape index (κ2) is 5.37. The number of nitrogens with two attached hydrogens (primary N) is 1. The van der Waals surface area contributed by atoms with Gasteiger partial charge in [-0.3, -0.25) is 10.2 Å². The molecule has 0 saturated carbocycles. The fraction of sp³-hybridized carbons (Fsp3) is 0.231. The van der Waals surface area contributed by atoms with E-state index in [0.29, 0.717) is 16.4 Å². The number of phenolic OH excluding ortho intramolecular Hbond substituents is 1. The molecule has 1 saturated heterocycles. The number of hydrogen-bond donors (Lipinski definition) is 4. The van der Waals surface area contributed by atoms with Gasteiger partial charge < -0.3 is 15.7 Å². The molecule has 0 unspecified atom stereocenters. The minimum atomic E-state index is -4.25. The highest BCUT2D eigenvalue weighted by Gasteiger charge is 2.38. The first-order chi connectivity index (χ1) is 11.2. The predicted molar refractivity (Wildman–Crippen MR) is 83.9 cm³/mol. The summed E-state index contributed by atoms with van der Waals surface area (Å²) in [6.45, 7) is -0.113. The van der Waals surface area contributed by atoms with Gasteiger partial charge in [0.05, 0.1) is 0 Å². The van der Waals surface area contributed by atoms with Crippen LogP contribution in [0.5, 0.6) is 5.75 Å². The van der Waals surface area contributed by atoms with Gasteiger partial charge in [-0.05, 0) is 17.7 Å². The van der Waals surface area contributed by atoms with Gasteiger partial charge in [-0.15, -0.1) is 0 Å². The van der Waals surface area contributed by atoms with E-state index in [1.54, 1.807) is 10.8 Å². The molecule has 5 N–H and O–H groups in total. The van der Waals surface area contributed by atoms with Gasteiger partial charge in [0.2, 0.25) is 0 Å². The highest BCUT2D eigenvalue weighted by Crippen LogP contribution is 2.38. The standard InChI is InChI=1S/C13H14FN5O4S/c14-11-8(7-3-4-18(5-7)13(15)16)1-2-9(20)12(11)19-6-10(21)17-24(19,22)23/h1-3,20H,4-6H2,(H3,15,16)(H,17,21). The normalized spacial score (nSPS) is 19.4. The predicted octanol–water partition coefficient (Wildman–Crippen LogP) is -0.695. The summed E-state index contributed by atoms with van der Waals surface area (Å²) in [7, 11) is -4.25. The molecule has 0 aromatic heterocycles. The monoisotopic (exact) mass is 355 g/mol. The van der Waals surface area contributed by atoms with Crippen LogP contribution in [-0.2, 0) is 15.0 Å². The Morgan fingerprint density at radius 2 is 2.08 bits per heavy atom. The van der Waals surface area contributed by atoms with Crippen LogP contribution in [0.3, 0.4) is 0 Å². The number of carbonyl (C=O) groups is 1. The van der Waals surface area contributed by atoms with E-state index < -0.39 is 39.9 Å². The Morgan fingerprint density at radius 3 is 2.62 bits per heavy atom. The van der Waals surface area contributed by atoms with Gasteiger partial charge in [-0.1, -0.05) is 6.08 Å². The summed E-state index contributed by atoms with van der Waals surface area (Å²) in [5, 5.41) is 17.3. The van der Waals surface area contributed by atoms with Crippen molar-refractivity contribution in [3.8, 4) is 5.75 Å². The highest BCUT2D eigenvalue weighted by molar-refractivity contribution is 7.92. The number of halogens is 1. The molecule has 1 fully saturated rings. The molecule has 2 aliphatic heterocycles. The van der Waals surface area contributed by atoms with E-state index in [-0.39, 0.29) is 18.1 Å². The minimum absolute atomic E-state index is 0.0705. The Hall–Kier alpha value is -2.82. The second-order valence-electron chi connectivity index (χ2n) is 5.33. The molecular formula is C13H14FN5O4S. The largest absolute Gasteiger partial charge is 0.506 e. The lowest BCUT2D eigenvalue weighted by Gasteiger charge is -2.20. The van der Waals surface area contributed by atoms with Crippen molar-refractivity contribution in [1.82, 2.24) is 9.62 Å². The van der Waals surface area contributed by atoms with E-state index >= 15 is 0 Å². The number of anilines is 1. The van der Waals surface area contributed by atoms with Crippen molar-refractivity contribution in [3.05, 3.63) is 29.6 Å². The molecule has 3 rings (SSSR count). The fourth-order valence-corrected chi connectivity index (χ4v) is 3.78. The summed E-state index contributed by atoms with van der Waals surface area (Å²) in [4.78, 5) is 12.8. The molecule has 0 aliphatic carbocycles. The first-order valence-electron chi connectivity index (χ1n) is 6.84. The zero-order valence-corrected chi connectivity index (χ0v) is 13.1. The van der Waals surface area contributed by atoms with Gasteiger partial charge in [-0.2, -0.15) is 8.42 Å². The van der Waals surface area contributed by atoms with Crippen molar-refractivity contribution < 1.29 is 22.7 Å². The van der Waals surface area contributed by atoms with Crippen LogP contribution in [0.1, 0.15) is 5.56 Å². The van der Waals surface area contributed by atoms with E-state index in [1.807, 2.05) is 0 Å². The van der Waals surface area contributed by atoms with E-state index in [2.05, 4.69) is 0 Å². The minimum Gasteiger partial charge on any atom is -0.506 e. The Morgan fingerprint density at radius 1 is 1.38 bits per heavy atom. The number of rotatable bonds is 2. The summed E-state index contributed by atoms with van der Waals surface area (Å²) in [5.74, 6) is -2.55. The van der Waals surface area contributed by atoms with Crippen LogP contribution in [0.2, 0.25) is 0 Å². The maximum atomic E-state index is 14.9. The molecule has 0 atom stereocenters. The summed E-state index contributed by atoms with van der Waals surface area (Å²) in [6, 6.07) is 2.46. The van der Waals surface area contributed by atoms with Crippen molar-refractivity contribution in [2.75, 3.05) is 23.9 Å². The van der Waals surface area contributed by atoms with Crippen LogP contribution < -0.4 is 14.8 Å². The van der Waals surface area contributed by atoms with Crippen LogP contribution in [-0.4, -0.2) is 49.9 Å². The second-order valence-corrected chi connectivity index (χ2v) is 6.92. The number of phenols is 1. The number of hydrogen-bond acceptors (Lipinski definition) is 5. The Kier molecular flexibility index (Phi) is 3.59. The molecule has 24 heavy (non-hydrogen) atoms. The maximum Gasteiger partial charge on any atom is 0.326 e. The van der Waals surface area contributed by atoms with Gasteiger partial charge >= 0.3 is 10.2 Å². The molecule has 0 radical (unpaired) electrons. The molecule has 1 aromatic carbocycles. The van der Waals surface area contributed by atoms with Crippen molar-refractivity contribution in [3.63, 3.8) is 0 Å². The number of nitrogens with one attached hydrogen (secondary N) is 2. The first kappa shape index (κ1) is 16.1. The number of nitrogens with zero attached hydrogens (tertiary/aromatic N) is 2. The van der Waals surface area contributed by atoms with E-state index in [1.165, 1.54) is 11.0 Å². The number of aromatic hydroxyl groups is 1. The number of benzene rings is 1. The van der Waals surface area contributed by atoms with Gasteiger partial charge in [0, 0.05) is 18.7 Å². The third kappa shape index (κ3) is 2.52. The van der Waals surface area contributed by atoms with Gasteiger partial charge in [0.15, 0.2) is 11.8 Å². The quantitative estimate of drug-likeness (QED) is 0.409. The molecule has 9 nitrogen and oxygen atoms in total. The van der Waals surface area contributed by atoms with Gasteiger partial charge in [-0.25, -0.2) is 13.4 Å². The smallest absolute Gasteiger partial charge is 0.326 e. The van der Waals surface area contributed by atoms with Crippen molar-refractivity contribution in [2.24, 2.45) is 5.73 Å². The summed E-state index contributed by atoms with van der Waals surface area (Å²) >= 11 is 0. The molecule has 2 aliphatic rings. The molecule has 11 heteroatoms. The number of guanidine groups is 1. The van der Waals surface area contributed by atoms with Crippen LogP contribution in [0.15, 0.2) is 18.2 Å². The third-order valence-corrected chi connectivity index (χ3v) is 5.15. The fourth-order valence-electron chi connectivity index (χ4n) is 2.62. The number of amides is 1. The van der Waals surface area contributed by atoms with E-state index in [0.717, 1.165) is 6.07 Å². The van der Waals surface area contributed by atoms with Crippen molar-refractivity contribution >= 4 is 33.3 Å². The van der Waals surface area contributed by atoms with E-state index in [9.17, 15) is 22.7 Å². The average Bonchev–Trinajstić information content (AvgIpc) is 3.04. The Labute approximate surface area is 136 Å². The molecule has 128 valence electrons. The molecule has 1 amide bonds. The topological polar surface area (TPSA) is 140 Å². The molecular weight excluding hydrogens is 341 g/mol. The lowest BCUT2D eigenvalue weighted by Crippen LogP contribution is -2.34. The van der Waals surface area contributed by atoms with Gasteiger partial charge in [0.25, 0.3) is 5.91 Å². The van der Waals surface area contributed by atoms with Crippen LogP contribution in [0.25, 0.3) is 5.57 Å². The zero-order chi connectivity index (χ0) is 17.6. The Balaban J connectivity index is 2.04. The first-order valence-corrected chi connectivity index (χ1v) is 8.28. The SMILES string of the molecule is N=C(N)N1CC=C(c2ccc(O)c(N3CC(=O)NS3(=O)=O)c2F)C1. The highest BCUT2D eigenvalue weighted by atomic mass is 32.2. The molecule has 1 aromatic rings. The maximum absolute atomic E-state index is 14.9. The summed E-state index contributed by atoms with van der Waals surface area (Å²) in [5.41, 5.74) is 5.37. The molecule has 0 spiro atoms. The van der Waals surface area contributed by atoms with E-state index in [4.69, 9.17) is 11.1 Å². The van der Waals surface area contributed by atoms with Gasteiger partial charge in [0.1, 0.15) is 18.0 Å². The average molecular weight is 355 g/mol. The third-order valence-electron chi connectivity index (χ3n) is 3.77. The lowest BCUT2D eigenvalue weighted by atomic mass is 10.0. The summed E-state index contributed by atoms with van der Waals surface area (Å²) in [6.07, 6.45) is 1.66. The zero-order valence-electron chi connectivity index (χ0n) is 12.3. The van der Waals surface area contributed by atoms with Crippen molar-refractivity contribution in [2.45, 2.75) is 0 Å². The van der Waals surface area contributed by atoms with Crippen LogP contribution >= 0.6 is 0 Å². The Bertz CT molecular complexity index is 883. The van der Waals surface area contributed by atoms with Crippen molar-refractivity contribution in [1.29, 1.82) is 5.41 Å². The van der Waals surface area contributed by atoms with Crippen LogP contribution in [0.4, 0.5) is 10.1 Å². The molecule has 0 bridgehead atoms. The molecule has 2 heterocycles.